The van der Waals surface area contributed by atoms with Crippen LogP contribution in [0.4, 0.5) is 5.69 Å². The van der Waals surface area contributed by atoms with E-state index in [-0.39, 0.29) is 0 Å². The number of hydrogen-bond donors (Lipinski definition) is 1. The fourth-order valence-corrected chi connectivity index (χ4v) is 6.11. The molecule has 126 valence electrons. The van der Waals surface area contributed by atoms with E-state index in [4.69, 9.17) is 0 Å². The molecule has 0 saturated heterocycles. The smallest absolute Gasteiger partial charge is 0.0361 e. The van der Waals surface area contributed by atoms with Crippen molar-refractivity contribution < 1.29 is 0 Å². The van der Waals surface area contributed by atoms with Crippen LogP contribution >= 0.6 is 0 Å². The lowest BCUT2D eigenvalue weighted by atomic mass is 9.48. The van der Waals surface area contributed by atoms with Crippen molar-refractivity contribution in [3.8, 4) is 0 Å². The molecule has 5 rings (SSSR count). The minimum atomic E-state index is 0.609. The van der Waals surface area contributed by atoms with Crippen molar-refractivity contribution in [1.82, 2.24) is 5.32 Å². The molecule has 0 aromatic heterocycles. The molecule has 4 fully saturated rings. The maximum Gasteiger partial charge on any atom is 0.0361 e. The second-order valence-corrected chi connectivity index (χ2v) is 8.94. The van der Waals surface area contributed by atoms with Gasteiger partial charge in [-0.25, -0.2) is 0 Å². The third-order valence-electron chi connectivity index (χ3n) is 7.07. The van der Waals surface area contributed by atoms with E-state index in [2.05, 4.69) is 55.5 Å². The average Bonchev–Trinajstić information content (AvgIpc) is 2.51. The molecule has 4 aliphatic carbocycles. The largest absolute Gasteiger partial charge is 0.378 e. The summed E-state index contributed by atoms with van der Waals surface area (Å²) in [5.41, 5.74) is 3.30. The SMILES string of the molecule is C[C@H](NCc1ccc(N(C)C)cc1)C12CC3CC(CC(C3)C1)C2. The van der Waals surface area contributed by atoms with Gasteiger partial charge >= 0.3 is 0 Å². The van der Waals surface area contributed by atoms with E-state index in [1.54, 1.807) is 0 Å². The number of nitrogens with one attached hydrogen (secondary N) is 1. The molecule has 4 aliphatic rings. The molecule has 1 aromatic carbocycles. The fraction of sp³-hybridized carbons (Fsp3) is 0.714. The molecule has 1 atom stereocenters. The van der Waals surface area contributed by atoms with Crippen LogP contribution in [0.2, 0.25) is 0 Å². The van der Waals surface area contributed by atoms with E-state index >= 15 is 0 Å². The Hall–Kier alpha value is -1.02. The molecule has 4 saturated carbocycles. The summed E-state index contributed by atoms with van der Waals surface area (Å²) >= 11 is 0. The van der Waals surface area contributed by atoms with E-state index in [0.29, 0.717) is 11.5 Å². The van der Waals surface area contributed by atoms with Crippen molar-refractivity contribution in [3.63, 3.8) is 0 Å². The van der Waals surface area contributed by atoms with Crippen LogP contribution in [-0.2, 0) is 6.54 Å². The lowest BCUT2D eigenvalue weighted by Gasteiger charge is -2.59. The molecule has 2 heteroatoms. The highest BCUT2D eigenvalue weighted by Crippen LogP contribution is 2.61. The molecule has 4 bridgehead atoms. The van der Waals surface area contributed by atoms with Crippen LogP contribution in [0.3, 0.4) is 0 Å². The monoisotopic (exact) mass is 312 g/mol. The van der Waals surface area contributed by atoms with Crippen LogP contribution in [0.15, 0.2) is 24.3 Å². The first-order valence-corrected chi connectivity index (χ1v) is 9.54. The first-order chi connectivity index (χ1) is 11.0. The summed E-state index contributed by atoms with van der Waals surface area (Å²) in [6, 6.07) is 9.66. The first-order valence-electron chi connectivity index (χ1n) is 9.54. The Balaban J connectivity index is 1.39. The van der Waals surface area contributed by atoms with Crippen molar-refractivity contribution in [2.24, 2.45) is 23.2 Å². The lowest BCUT2D eigenvalue weighted by molar-refractivity contribution is -0.0706. The molecule has 0 unspecified atom stereocenters. The number of rotatable bonds is 5. The van der Waals surface area contributed by atoms with E-state index < -0.39 is 0 Å². The third kappa shape index (κ3) is 2.91. The van der Waals surface area contributed by atoms with Crippen molar-refractivity contribution in [2.45, 2.75) is 58.0 Å². The summed E-state index contributed by atoms with van der Waals surface area (Å²) in [6.45, 7) is 3.47. The first kappa shape index (κ1) is 15.5. The van der Waals surface area contributed by atoms with Gasteiger partial charge < -0.3 is 10.2 Å². The molecule has 0 amide bonds. The van der Waals surface area contributed by atoms with Crippen LogP contribution < -0.4 is 10.2 Å². The Kier molecular flexibility index (Phi) is 3.91. The maximum absolute atomic E-state index is 3.89. The summed E-state index contributed by atoms with van der Waals surface area (Å²) < 4.78 is 0. The number of nitrogens with zero attached hydrogens (tertiary/aromatic N) is 1. The Morgan fingerprint density at radius 1 is 1.00 bits per heavy atom. The van der Waals surface area contributed by atoms with Gasteiger partial charge in [-0.2, -0.15) is 0 Å². The summed E-state index contributed by atoms with van der Waals surface area (Å²) in [5, 5.41) is 3.89. The van der Waals surface area contributed by atoms with Crippen LogP contribution in [0.25, 0.3) is 0 Å². The molecule has 1 aromatic rings. The average molecular weight is 313 g/mol. The Morgan fingerprint density at radius 2 is 1.52 bits per heavy atom. The minimum absolute atomic E-state index is 0.609. The van der Waals surface area contributed by atoms with Gasteiger partial charge in [-0.1, -0.05) is 12.1 Å². The third-order valence-corrected chi connectivity index (χ3v) is 7.07. The van der Waals surface area contributed by atoms with Crippen molar-refractivity contribution in [3.05, 3.63) is 29.8 Å². The summed E-state index contributed by atoms with van der Waals surface area (Å²) in [6.07, 6.45) is 9.10. The molecule has 2 nitrogen and oxygen atoms in total. The van der Waals surface area contributed by atoms with Gasteiger partial charge in [-0.05, 0) is 86.3 Å². The maximum atomic E-state index is 3.89. The number of anilines is 1. The fourth-order valence-electron chi connectivity index (χ4n) is 6.11. The molecule has 23 heavy (non-hydrogen) atoms. The molecule has 0 aliphatic heterocycles. The van der Waals surface area contributed by atoms with E-state index in [1.807, 2.05) is 0 Å². The normalized spacial score (nSPS) is 36.2. The molecule has 0 radical (unpaired) electrons. The van der Waals surface area contributed by atoms with E-state index in [1.165, 1.54) is 49.8 Å². The predicted molar refractivity (Wildman–Crippen MR) is 97.7 cm³/mol. The zero-order chi connectivity index (χ0) is 16.0. The van der Waals surface area contributed by atoms with Gasteiger partial charge in [0.25, 0.3) is 0 Å². The van der Waals surface area contributed by atoms with Crippen molar-refractivity contribution >= 4 is 5.69 Å². The Labute approximate surface area is 141 Å². The standard InChI is InChI=1S/C21H32N2/c1-15(22-14-16-4-6-20(7-5-16)23(2)3)21-11-17-8-18(12-21)10-19(9-17)13-21/h4-7,15,17-19,22H,8-14H2,1-3H3/t15-,17?,18?,19?,21?/m0/s1. The highest BCUT2D eigenvalue weighted by Gasteiger charge is 2.52. The van der Waals surface area contributed by atoms with Gasteiger partial charge in [0.2, 0.25) is 0 Å². The van der Waals surface area contributed by atoms with E-state index in [9.17, 15) is 0 Å². The van der Waals surface area contributed by atoms with E-state index in [0.717, 1.165) is 24.3 Å². The van der Waals surface area contributed by atoms with Gasteiger partial charge in [0.15, 0.2) is 0 Å². The second kappa shape index (κ2) is 5.81. The van der Waals surface area contributed by atoms with Crippen molar-refractivity contribution in [2.75, 3.05) is 19.0 Å². The van der Waals surface area contributed by atoms with Crippen LogP contribution in [0, 0.1) is 23.2 Å². The number of benzene rings is 1. The molecule has 0 spiro atoms. The summed E-state index contributed by atoms with van der Waals surface area (Å²) in [4.78, 5) is 2.16. The zero-order valence-electron chi connectivity index (χ0n) is 15.0. The topological polar surface area (TPSA) is 15.3 Å². The highest BCUT2D eigenvalue weighted by molar-refractivity contribution is 5.45. The molecule has 0 heterocycles. The molecular weight excluding hydrogens is 280 g/mol. The zero-order valence-corrected chi connectivity index (χ0v) is 15.0. The summed E-state index contributed by atoms with van der Waals surface area (Å²) in [7, 11) is 4.20. The van der Waals surface area contributed by atoms with Gasteiger partial charge in [0.05, 0.1) is 0 Å². The van der Waals surface area contributed by atoms with Gasteiger partial charge in [-0.3, -0.25) is 0 Å². The van der Waals surface area contributed by atoms with Gasteiger partial charge in [0, 0.05) is 32.4 Å². The minimum Gasteiger partial charge on any atom is -0.378 e. The predicted octanol–water partition coefficient (Wildman–Crippen LogP) is 4.45. The Morgan fingerprint density at radius 3 is 2.00 bits per heavy atom. The van der Waals surface area contributed by atoms with Crippen LogP contribution in [0.5, 0.6) is 0 Å². The summed E-state index contributed by atoms with van der Waals surface area (Å²) in [5.74, 6) is 3.14. The van der Waals surface area contributed by atoms with Crippen molar-refractivity contribution in [1.29, 1.82) is 0 Å². The quantitative estimate of drug-likeness (QED) is 0.864. The number of hydrogen-bond acceptors (Lipinski definition) is 2. The highest BCUT2D eigenvalue weighted by atomic mass is 15.1. The second-order valence-electron chi connectivity index (χ2n) is 8.94. The van der Waals surface area contributed by atoms with Crippen LogP contribution in [-0.4, -0.2) is 20.1 Å². The lowest BCUT2D eigenvalue weighted by Crippen LogP contribution is -2.54. The Bertz CT molecular complexity index is 510. The van der Waals surface area contributed by atoms with Crippen LogP contribution in [0.1, 0.15) is 51.0 Å². The molecular formula is C21H32N2. The molecule has 1 N–H and O–H groups in total. The van der Waals surface area contributed by atoms with Gasteiger partial charge in [-0.15, -0.1) is 0 Å². The van der Waals surface area contributed by atoms with Gasteiger partial charge in [0.1, 0.15) is 0 Å².